The van der Waals surface area contributed by atoms with Crippen LogP contribution in [0.1, 0.15) is 17.3 Å². The lowest BCUT2D eigenvalue weighted by Crippen LogP contribution is -2.16. The second-order valence-corrected chi connectivity index (χ2v) is 6.48. The molecule has 140 valence electrons. The second-order valence-electron chi connectivity index (χ2n) is 5.50. The van der Waals surface area contributed by atoms with Crippen LogP contribution in [0.3, 0.4) is 0 Å². The highest BCUT2D eigenvalue weighted by molar-refractivity contribution is 7.16. The van der Waals surface area contributed by atoms with Crippen LogP contribution in [-0.4, -0.2) is 29.6 Å². The van der Waals surface area contributed by atoms with Crippen LogP contribution in [0, 0.1) is 10.1 Å². The Balaban J connectivity index is 2.15. The van der Waals surface area contributed by atoms with Crippen LogP contribution in [0.2, 0.25) is 0 Å². The van der Waals surface area contributed by atoms with Crippen molar-refractivity contribution in [2.24, 2.45) is 4.99 Å². The van der Waals surface area contributed by atoms with Crippen LogP contribution in [-0.2, 0) is 6.54 Å². The molecule has 0 N–H and O–H groups in total. The maximum Gasteiger partial charge on any atom is 0.279 e. The maximum absolute atomic E-state index is 12.5. The van der Waals surface area contributed by atoms with E-state index in [4.69, 9.17) is 9.47 Å². The third-order valence-electron chi connectivity index (χ3n) is 4.03. The van der Waals surface area contributed by atoms with E-state index in [1.165, 1.54) is 35.6 Å². The van der Waals surface area contributed by atoms with E-state index >= 15 is 0 Å². The van der Waals surface area contributed by atoms with Gasteiger partial charge in [0.15, 0.2) is 4.80 Å². The summed E-state index contributed by atoms with van der Waals surface area (Å²) in [5.41, 5.74) is 1.01. The average molecular weight is 387 g/mol. The lowest BCUT2D eigenvalue weighted by Gasteiger charge is -2.08. The standard InChI is InChI=1S/C18H17N3O5S/c1-4-20-15-13(25-2)9-10-14(26-3)16(15)27-18(20)19-17(22)11-5-7-12(8-6-11)21(23)24/h5-10H,4H2,1-3H3. The van der Waals surface area contributed by atoms with E-state index in [1.807, 2.05) is 17.6 Å². The number of aromatic nitrogens is 1. The number of hydrogen-bond acceptors (Lipinski definition) is 6. The highest BCUT2D eigenvalue weighted by Crippen LogP contribution is 2.35. The summed E-state index contributed by atoms with van der Waals surface area (Å²) in [5.74, 6) is 0.854. The molecule has 0 bridgehead atoms. The van der Waals surface area contributed by atoms with Gasteiger partial charge in [-0.3, -0.25) is 14.9 Å². The number of amides is 1. The summed E-state index contributed by atoms with van der Waals surface area (Å²) in [6, 6.07) is 8.98. The third-order valence-corrected chi connectivity index (χ3v) is 5.12. The number of hydrogen-bond donors (Lipinski definition) is 0. The molecule has 2 aromatic carbocycles. The smallest absolute Gasteiger partial charge is 0.279 e. The quantitative estimate of drug-likeness (QED) is 0.494. The maximum atomic E-state index is 12.5. The molecule has 0 radical (unpaired) electrons. The molecule has 1 heterocycles. The normalized spacial score (nSPS) is 11.6. The number of ether oxygens (including phenoxy) is 2. The Labute approximate surface area is 158 Å². The molecule has 1 amide bonds. The van der Waals surface area contributed by atoms with Crippen molar-refractivity contribution in [3.05, 3.63) is 56.9 Å². The highest BCUT2D eigenvalue weighted by Gasteiger charge is 2.16. The van der Waals surface area contributed by atoms with Crippen LogP contribution < -0.4 is 14.3 Å². The van der Waals surface area contributed by atoms with E-state index < -0.39 is 10.8 Å². The Morgan fingerprint density at radius 1 is 1.15 bits per heavy atom. The van der Waals surface area contributed by atoms with Gasteiger partial charge in [-0.05, 0) is 31.2 Å². The number of rotatable bonds is 5. The van der Waals surface area contributed by atoms with Crippen molar-refractivity contribution < 1.29 is 19.2 Å². The minimum Gasteiger partial charge on any atom is -0.495 e. The molecule has 0 atom stereocenters. The fourth-order valence-electron chi connectivity index (χ4n) is 2.71. The molecule has 0 saturated carbocycles. The summed E-state index contributed by atoms with van der Waals surface area (Å²) in [5, 5.41) is 10.7. The number of methoxy groups -OCH3 is 2. The number of carbonyl (C=O) groups excluding carboxylic acids is 1. The van der Waals surface area contributed by atoms with E-state index in [9.17, 15) is 14.9 Å². The highest BCUT2D eigenvalue weighted by atomic mass is 32.1. The van der Waals surface area contributed by atoms with Crippen molar-refractivity contribution in [2.45, 2.75) is 13.5 Å². The Morgan fingerprint density at radius 3 is 2.33 bits per heavy atom. The topological polar surface area (TPSA) is 96.0 Å². The van der Waals surface area contributed by atoms with Gasteiger partial charge < -0.3 is 14.0 Å². The van der Waals surface area contributed by atoms with Gasteiger partial charge >= 0.3 is 0 Å². The van der Waals surface area contributed by atoms with E-state index in [1.54, 1.807) is 20.3 Å². The van der Waals surface area contributed by atoms with Crippen molar-refractivity contribution in [3.8, 4) is 11.5 Å². The molecule has 0 aliphatic carbocycles. The zero-order valence-electron chi connectivity index (χ0n) is 15.0. The van der Waals surface area contributed by atoms with Gasteiger partial charge in [0.05, 0.1) is 19.1 Å². The minimum absolute atomic E-state index is 0.0773. The number of nitrogens with zero attached hydrogens (tertiary/aromatic N) is 3. The summed E-state index contributed by atoms with van der Waals surface area (Å²) >= 11 is 1.32. The number of aryl methyl sites for hydroxylation is 1. The Hall–Kier alpha value is -3.20. The third kappa shape index (κ3) is 3.41. The van der Waals surface area contributed by atoms with Gasteiger partial charge in [-0.25, -0.2) is 0 Å². The predicted molar refractivity (Wildman–Crippen MR) is 102 cm³/mol. The van der Waals surface area contributed by atoms with E-state index in [-0.39, 0.29) is 11.3 Å². The zero-order chi connectivity index (χ0) is 19.6. The van der Waals surface area contributed by atoms with E-state index in [2.05, 4.69) is 4.99 Å². The molecule has 3 aromatic rings. The monoisotopic (exact) mass is 387 g/mol. The molecule has 1 aromatic heterocycles. The lowest BCUT2D eigenvalue weighted by atomic mass is 10.2. The largest absolute Gasteiger partial charge is 0.495 e. The molecular weight excluding hydrogens is 370 g/mol. The van der Waals surface area contributed by atoms with Gasteiger partial charge in [-0.15, -0.1) is 0 Å². The Bertz CT molecular complexity index is 1080. The van der Waals surface area contributed by atoms with Gasteiger partial charge in [0.2, 0.25) is 0 Å². The summed E-state index contributed by atoms with van der Waals surface area (Å²) in [6.45, 7) is 2.52. The first kappa shape index (κ1) is 18.6. The first-order chi connectivity index (χ1) is 13.0. The minimum atomic E-state index is -0.513. The molecule has 0 spiro atoms. The van der Waals surface area contributed by atoms with Gasteiger partial charge in [-0.1, -0.05) is 11.3 Å². The van der Waals surface area contributed by atoms with Crippen molar-refractivity contribution in [1.82, 2.24) is 4.57 Å². The summed E-state index contributed by atoms with van der Waals surface area (Å²) < 4.78 is 13.6. The SMILES string of the molecule is CCn1c(=NC(=O)c2ccc([N+](=O)[O-])cc2)sc2c(OC)ccc(OC)c21. The van der Waals surface area contributed by atoms with Crippen LogP contribution in [0.5, 0.6) is 11.5 Å². The molecule has 0 unspecified atom stereocenters. The summed E-state index contributed by atoms with van der Waals surface area (Å²) in [6.07, 6.45) is 0. The first-order valence-corrected chi connectivity index (χ1v) is 8.89. The number of non-ortho nitro benzene ring substituents is 1. The van der Waals surface area contributed by atoms with Crippen molar-refractivity contribution in [3.63, 3.8) is 0 Å². The van der Waals surface area contributed by atoms with Gasteiger partial charge in [-0.2, -0.15) is 4.99 Å². The van der Waals surface area contributed by atoms with E-state index in [0.717, 1.165) is 10.2 Å². The summed E-state index contributed by atoms with van der Waals surface area (Å²) in [7, 11) is 3.16. The molecule has 3 rings (SSSR count). The number of thiazole rings is 1. The lowest BCUT2D eigenvalue weighted by molar-refractivity contribution is -0.384. The summed E-state index contributed by atoms with van der Waals surface area (Å²) in [4.78, 5) is 27.5. The number of carbonyl (C=O) groups is 1. The number of nitro benzene ring substituents is 1. The number of nitro groups is 1. The van der Waals surface area contributed by atoms with Gasteiger partial charge in [0, 0.05) is 24.2 Å². The predicted octanol–water partition coefficient (Wildman–Crippen LogP) is 3.39. The van der Waals surface area contributed by atoms with Crippen LogP contribution in [0.15, 0.2) is 41.4 Å². The van der Waals surface area contributed by atoms with Crippen LogP contribution in [0.4, 0.5) is 5.69 Å². The van der Waals surface area contributed by atoms with E-state index in [0.29, 0.717) is 22.8 Å². The van der Waals surface area contributed by atoms with Crippen molar-refractivity contribution >= 4 is 33.1 Å². The van der Waals surface area contributed by atoms with Crippen molar-refractivity contribution in [2.75, 3.05) is 14.2 Å². The van der Waals surface area contributed by atoms with Gasteiger partial charge in [0.1, 0.15) is 21.7 Å². The Kier molecular flexibility index (Phi) is 5.22. The van der Waals surface area contributed by atoms with Crippen molar-refractivity contribution in [1.29, 1.82) is 0 Å². The molecular formula is C18H17N3O5S. The molecule has 27 heavy (non-hydrogen) atoms. The first-order valence-electron chi connectivity index (χ1n) is 8.08. The van der Waals surface area contributed by atoms with Crippen LogP contribution >= 0.6 is 11.3 Å². The zero-order valence-corrected chi connectivity index (χ0v) is 15.8. The Morgan fingerprint density at radius 2 is 1.78 bits per heavy atom. The molecule has 0 saturated heterocycles. The molecule has 0 aliphatic rings. The van der Waals surface area contributed by atoms with Gasteiger partial charge in [0.25, 0.3) is 11.6 Å². The molecule has 9 heteroatoms. The molecule has 0 aliphatic heterocycles. The molecule has 0 fully saturated rings. The average Bonchev–Trinajstić information content (AvgIpc) is 3.05. The van der Waals surface area contributed by atoms with Crippen LogP contribution in [0.25, 0.3) is 10.2 Å². The molecule has 8 nitrogen and oxygen atoms in total. The second kappa shape index (κ2) is 7.58. The fourth-order valence-corrected chi connectivity index (χ4v) is 3.91. The number of fused-ring (bicyclic) bond motifs is 1. The number of benzene rings is 2. The fraction of sp³-hybridized carbons (Fsp3) is 0.222.